The van der Waals surface area contributed by atoms with Gasteiger partial charge >= 0.3 is 0 Å². The lowest BCUT2D eigenvalue weighted by Crippen LogP contribution is -2.38. The van der Waals surface area contributed by atoms with Gasteiger partial charge in [-0.25, -0.2) is 0 Å². The highest BCUT2D eigenvalue weighted by Gasteiger charge is 2.18. The first kappa shape index (κ1) is 21.3. The fourth-order valence-electron chi connectivity index (χ4n) is 3.01. The highest BCUT2D eigenvalue weighted by Crippen LogP contribution is 2.32. The number of rotatable bonds is 7. The van der Waals surface area contributed by atoms with E-state index in [9.17, 15) is 9.59 Å². The third-order valence-corrected chi connectivity index (χ3v) is 5.39. The molecule has 154 valence electrons. The molecule has 2 amide bonds. The number of nitrogens with one attached hydrogen (secondary N) is 1. The molecule has 0 radical (unpaired) electrons. The summed E-state index contributed by atoms with van der Waals surface area (Å²) in [6.45, 7) is 3.21. The molecule has 0 aliphatic carbocycles. The van der Waals surface area contributed by atoms with Gasteiger partial charge in [0.15, 0.2) is 11.5 Å². The van der Waals surface area contributed by atoms with Gasteiger partial charge in [0.05, 0.1) is 16.6 Å². The van der Waals surface area contributed by atoms with Crippen molar-refractivity contribution >= 4 is 40.7 Å². The van der Waals surface area contributed by atoms with Crippen molar-refractivity contribution in [1.82, 2.24) is 4.90 Å². The van der Waals surface area contributed by atoms with Crippen LogP contribution in [0.2, 0.25) is 10.0 Å². The monoisotopic (exact) mass is 436 g/mol. The maximum atomic E-state index is 12.6. The van der Waals surface area contributed by atoms with Crippen LogP contribution in [0.1, 0.15) is 18.9 Å². The van der Waals surface area contributed by atoms with E-state index in [0.29, 0.717) is 53.4 Å². The largest absolute Gasteiger partial charge is 0.486 e. The summed E-state index contributed by atoms with van der Waals surface area (Å²) >= 11 is 12.2. The molecule has 6 nitrogen and oxygen atoms in total. The van der Waals surface area contributed by atoms with Gasteiger partial charge in [-0.1, -0.05) is 35.3 Å². The molecule has 1 heterocycles. The summed E-state index contributed by atoms with van der Waals surface area (Å²) in [5, 5.41) is 3.72. The van der Waals surface area contributed by atoms with Crippen molar-refractivity contribution in [2.24, 2.45) is 0 Å². The second-order valence-corrected chi connectivity index (χ2v) is 7.31. The first-order valence-electron chi connectivity index (χ1n) is 9.38. The molecule has 2 aromatic rings. The first-order valence-corrected chi connectivity index (χ1v) is 10.1. The summed E-state index contributed by atoms with van der Waals surface area (Å²) < 4.78 is 11.0. The van der Waals surface area contributed by atoms with Crippen LogP contribution in [0.3, 0.4) is 0 Å². The molecule has 0 saturated heterocycles. The quantitative estimate of drug-likeness (QED) is 0.706. The predicted octanol–water partition coefficient (Wildman–Crippen LogP) is 4.18. The maximum absolute atomic E-state index is 12.6. The molecule has 0 atom stereocenters. The van der Waals surface area contributed by atoms with E-state index in [1.54, 1.807) is 30.3 Å². The molecule has 1 aliphatic rings. The highest BCUT2D eigenvalue weighted by atomic mass is 35.5. The van der Waals surface area contributed by atoms with Crippen molar-refractivity contribution < 1.29 is 19.1 Å². The van der Waals surface area contributed by atoms with Crippen LogP contribution in [0.4, 0.5) is 5.69 Å². The molecule has 2 aromatic carbocycles. The summed E-state index contributed by atoms with van der Waals surface area (Å²) in [7, 11) is 0. The number of amides is 2. The Kier molecular flexibility index (Phi) is 7.23. The Morgan fingerprint density at radius 1 is 1.10 bits per heavy atom. The molecule has 0 saturated carbocycles. The van der Waals surface area contributed by atoms with E-state index >= 15 is 0 Å². The molecule has 0 spiro atoms. The molecule has 0 fully saturated rings. The maximum Gasteiger partial charge on any atom is 0.243 e. The fourth-order valence-corrected chi connectivity index (χ4v) is 3.43. The Balaban J connectivity index is 1.55. The smallest absolute Gasteiger partial charge is 0.243 e. The molecule has 1 N–H and O–H groups in total. The van der Waals surface area contributed by atoms with Crippen molar-refractivity contribution in [3.05, 3.63) is 52.0 Å². The van der Waals surface area contributed by atoms with Crippen molar-refractivity contribution in [3.8, 4) is 11.5 Å². The summed E-state index contributed by atoms with van der Waals surface area (Å²) in [4.78, 5) is 26.5. The number of likely N-dealkylation sites (N-methyl/N-ethyl adjacent to an activating group) is 1. The SMILES string of the molecule is CCN(CC(=O)Nc1ccc2c(c1)OCCO2)C(=O)CCc1cccc(Cl)c1Cl. The van der Waals surface area contributed by atoms with E-state index in [4.69, 9.17) is 32.7 Å². The van der Waals surface area contributed by atoms with Gasteiger partial charge in [0.1, 0.15) is 13.2 Å². The van der Waals surface area contributed by atoms with Gasteiger partial charge in [-0.15, -0.1) is 0 Å². The van der Waals surface area contributed by atoms with Crippen molar-refractivity contribution in [2.75, 3.05) is 31.6 Å². The van der Waals surface area contributed by atoms with Gasteiger partial charge in [-0.2, -0.15) is 0 Å². The normalized spacial score (nSPS) is 12.4. The highest BCUT2D eigenvalue weighted by molar-refractivity contribution is 6.42. The Bertz CT molecular complexity index is 904. The van der Waals surface area contributed by atoms with Gasteiger partial charge < -0.3 is 19.7 Å². The zero-order chi connectivity index (χ0) is 20.8. The Hall–Kier alpha value is -2.44. The average Bonchev–Trinajstić information content (AvgIpc) is 2.72. The summed E-state index contributed by atoms with van der Waals surface area (Å²) in [5.74, 6) is 0.841. The van der Waals surface area contributed by atoms with Crippen LogP contribution in [0.15, 0.2) is 36.4 Å². The molecular formula is C21H22Cl2N2O4. The zero-order valence-corrected chi connectivity index (χ0v) is 17.6. The zero-order valence-electron chi connectivity index (χ0n) is 16.0. The number of carbonyl (C=O) groups excluding carboxylic acids is 2. The van der Waals surface area contributed by atoms with Crippen molar-refractivity contribution in [2.45, 2.75) is 19.8 Å². The molecule has 0 bridgehead atoms. The lowest BCUT2D eigenvalue weighted by atomic mass is 10.1. The van der Waals surface area contributed by atoms with E-state index in [1.165, 1.54) is 4.90 Å². The molecule has 1 aliphatic heterocycles. The number of hydrogen-bond acceptors (Lipinski definition) is 4. The van der Waals surface area contributed by atoms with Crippen LogP contribution < -0.4 is 14.8 Å². The number of fused-ring (bicyclic) bond motifs is 1. The second kappa shape index (κ2) is 9.85. The first-order chi connectivity index (χ1) is 14.0. The van der Waals surface area contributed by atoms with Crippen LogP contribution in [-0.4, -0.2) is 43.0 Å². The van der Waals surface area contributed by atoms with Crippen LogP contribution >= 0.6 is 23.2 Å². The van der Waals surface area contributed by atoms with E-state index in [1.807, 2.05) is 13.0 Å². The second-order valence-electron chi connectivity index (χ2n) is 6.53. The third kappa shape index (κ3) is 5.55. The molecule has 3 rings (SSSR count). The summed E-state index contributed by atoms with van der Waals surface area (Å²) in [5.41, 5.74) is 1.40. The number of halogens is 2. The van der Waals surface area contributed by atoms with Crippen LogP contribution in [0.25, 0.3) is 0 Å². The van der Waals surface area contributed by atoms with Gasteiger partial charge in [0, 0.05) is 24.7 Å². The van der Waals surface area contributed by atoms with Crippen molar-refractivity contribution in [1.29, 1.82) is 0 Å². The van der Waals surface area contributed by atoms with Gasteiger partial charge in [-0.3, -0.25) is 9.59 Å². The number of hydrogen-bond donors (Lipinski definition) is 1. The molecule has 8 heteroatoms. The number of nitrogens with zero attached hydrogens (tertiary/aromatic N) is 1. The number of carbonyl (C=O) groups is 2. The summed E-state index contributed by atoms with van der Waals surface area (Å²) in [6.07, 6.45) is 0.698. The van der Waals surface area contributed by atoms with E-state index in [-0.39, 0.29) is 24.8 Å². The minimum atomic E-state index is -0.280. The molecule has 29 heavy (non-hydrogen) atoms. The Labute approximate surface area is 179 Å². The number of ether oxygens (including phenoxy) is 2. The number of benzene rings is 2. The number of aryl methyl sites for hydroxylation is 1. The third-order valence-electron chi connectivity index (χ3n) is 4.53. The van der Waals surface area contributed by atoms with Gasteiger partial charge in [0.2, 0.25) is 11.8 Å². The average molecular weight is 437 g/mol. The fraction of sp³-hybridized carbons (Fsp3) is 0.333. The lowest BCUT2D eigenvalue weighted by Gasteiger charge is -2.21. The Morgan fingerprint density at radius 2 is 1.86 bits per heavy atom. The molecule has 0 unspecified atom stereocenters. The van der Waals surface area contributed by atoms with Gasteiger partial charge in [0.25, 0.3) is 0 Å². The lowest BCUT2D eigenvalue weighted by molar-refractivity contribution is -0.134. The van der Waals surface area contributed by atoms with E-state index in [0.717, 1.165) is 5.56 Å². The van der Waals surface area contributed by atoms with Crippen LogP contribution in [-0.2, 0) is 16.0 Å². The van der Waals surface area contributed by atoms with E-state index < -0.39 is 0 Å². The Morgan fingerprint density at radius 3 is 2.62 bits per heavy atom. The van der Waals surface area contributed by atoms with Crippen LogP contribution in [0.5, 0.6) is 11.5 Å². The van der Waals surface area contributed by atoms with Crippen molar-refractivity contribution in [3.63, 3.8) is 0 Å². The summed E-state index contributed by atoms with van der Waals surface area (Å²) in [6, 6.07) is 10.5. The number of anilines is 1. The minimum absolute atomic E-state index is 0.0347. The standard InChI is InChI=1S/C21H22Cl2N2O4/c1-2-25(20(27)9-6-14-4-3-5-16(22)21(14)23)13-19(26)24-15-7-8-17-18(12-15)29-11-10-28-17/h3-5,7-8,12H,2,6,9-11,13H2,1H3,(H,24,26). The van der Waals surface area contributed by atoms with Gasteiger partial charge in [-0.05, 0) is 37.1 Å². The molecular weight excluding hydrogens is 415 g/mol. The van der Waals surface area contributed by atoms with Crippen LogP contribution in [0, 0.1) is 0 Å². The predicted molar refractivity (Wildman–Crippen MR) is 113 cm³/mol. The topological polar surface area (TPSA) is 67.9 Å². The molecule has 0 aromatic heterocycles. The minimum Gasteiger partial charge on any atom is -0.486 e. The van der Waals surface area contributed by atoms with E-state index in [2.05, 4.69) is 5.32 Å².